The third-order valence-electron chi connectivity index (χ3n) is 2.33. The Bertz CT molecular complexity index is 429. The van der Waals surface area contributed by atoms with Crippen LogP contribution >= 0.6 is 0 Å². The van der Waals surface area contributed by atoms with Crippen molar-refractivity contribution in [3.05, 3.63) is 53.7 Å². The molecule has 0 atom stereocenters. The molecular formula is C15H19N. The van der Waals surface area contributed by atoms with Gasteiger partial charge in [0.15, 0.2) is 0 Å². The van der Waals surface area contributed by atoms with E-state index >= 15 is 0 Å². The molecule has 2 aromatic rings. The van der Waals surface area contributed by atoms with Crippen LogP contribution in [0.2, 0.25) is 0 Å². The summed E-state index contributed by atoms with van der Waals surface area (Å²) in [4.78, 5) is 4.41. The van der Waals surface area contributed by atoms with Crippen LogP contribution in [-0.4, -0.2) is 4.98 Å². The van der Waals surface area contributed by atoms with Gasteiger partial charge in [-0.3, -0.25) is 4.98 Å². The molecule has 2 rings (SSSR count). The van der Waals surface area contributed by atoms with Gasteiger partial charge in [-0.2, -0.15) is 0 Å². The van der Waals surface area contributed by atoms with Gasteiger partial charge >= 0.3 is 0 Å². The molecular weight excluding hydrogens is 194 g/mol. The van der Waals surface area contributed by atoms with Gasteiger partial charge in [-0.05, 0) is 31.0 Å². The van der Waals surface area contributed by atoms with Gasteiger partial charge in [0.25, 0.3) is 0 Å². The molecule has 1 nitrogen and oxygen atoms in total. The zero-order valence-corrected chi connectivity index (χ0v) is 10.5. The summed E-state index contributed by atoms with van der Waals surface area (Å²) >= 11 is 0. The maximum Gasteiger partial charge on any atom is 0.0704 e. The molecule has 0 aliphatic rings. The Morgan fingerprint density at radius 2 is 1.56 bits per heavy atom. The lowest BCUT2D eigenvalue weighted by Gasteiger charge is -2.04. The molecule has 1 heterocycles. The second-order valence-corrected chi connectivity index (χ2v) is 3.54. The number of rotatable bonds is 1. The van der Waals surface area contributed by atoms with Crippen LogP contribution in [-0.2, 0) is 0 Å². The molecule has 0 aliphatic heterocycles. The minimum atomic E-state index is 1.05. The molecule has 84 valence electrons. The van der Waals surface area contributed by atoms with Gasteiger partial charge < -0.3 is 0 Å². The van der Waals surface area contributed by atoms with E-state index in [1.54, 1.807) is 0 Å². The zero-order valence-electron chi connectivity index (χ0n) is 10.5. The molecule has 1 heteroatoms. The van der Waals surface area contributed by atoms with Crippen LogP contribution in [0.3, 0.4) is 0 Å². The third kappa shape index (κ3) is 2.93. The summed E-state index contributed by atoms with van der Waals surface area (Å²) in [5.74, 6) is 0. The molecule has 0 unspecified atom stereocenters. The molecule has 16 heavy (non-hydrogen) atoms. The van der Waals surface area contributed by atoms with Crippen molar-refractivity contribution in [1.82, 2.24) is 4.98 Å². The fraction of sp³-hybridized carbons (Fsp3) is 0.267. The zero-order chi connectivity index (χ0) is 12.0. The smallest absolute Gasteiger partial charge is 0.0704 e. The van der Waals surface area contributed by atoms with E-state index in [9.17, 15) is 0 Å². The van der Waals surface area contributed by atoms with Crippen molar-refractivity contribution < 1.29 is 0 Å². The highest BCUT2D eigenvalue weighted by atomic mass is 14.7. The maximum atomic E-state index is 4.41. The average molecular weight is 213 g/mol. The SMILES string of the molecule is CC.Cc1ccc(-c2ccccc2C)nc1. The Morgan fingerprint density at radius 1 is 0.875 bits per heavy atom. The summed E-state index contributed by atoms with van der Waals surface area (Å²) < 4.78 is 0. The molecule has 0 fully saturated rings. The number of benzene rings is 1. The fourth-order valence-corrected chi connectivity index (χ4v) is 1.49. The van der Waals surface area contributed by atoms with Gasteiger partial charge in [0.1, 0.15) is 0 Å². The van der Waals surface area contributed by atoms with E-state index in [1.807, 2.05) is 32.2 Å². The highest BCUT2D eigenvalue weighted by Gasteiger charge is 2.00. The van der Waals surface area contributed by atoms with Crippen LogP contribution < -0.4 is 0 Å². The number of hydrogen-bond acceptors (Lipinski definition) is 1. The highest BCUT2D eigenvalue weighted by Crippen LogP contribution is 2.20. The molecule has 0 radical (unpaired) electrons. The standard InChI is InChI=1S/C13H13N.C2H6/c1-10-7-8-13(14-9-10)12-6-4-3-5-11(12)2;1-2/h3-9H,1-2H3;1-2H3. The van der Waals surface area contributed by atoms with Gasteiger partial charge in [-0.25, -0.2) is 0 Å². The monoisotopic (exact) mass is 213 g/mol. The van der Waals surface area contributed by atoms with Crippen molar-refractivity contribution in [3.8, 4) is 11.3 Å². The van der Waals surface area contributed by atoms with Crippen molar-refractivity contribution in [1.29, 1.82) is 0 Å². The van der Waals surface area contributed by atoms with Crippen LogP contribution in [0, 0.1) is 13.8 Å². The van der Waals surface area contributed by atoms with E-state index in [4.69, 9.17) is 0 Å². The first-order valence-electron chi connectivity index (χ1n) is 5.76. The van der Waals surface area contributed by atoms with Crippen molar-refractivity contribution in [3.63, 3.8) is 0 Å². The minimum absolute atomic E-state index is 1.05. The summed E-state index contributed by atoms with van der Waals surface area (Å²) in [6, 6.07) is 12.5. The molecule has 0 saturated carbocycles. The molecule has 0 aliphatic carbocycles. The minimum Gasteiger partial charge on any atom is -0.256 e. The van der Waals surface area contributed by atoms with E-state index in [1.165, 1.54) is 16.7 Å². The largest absolute Gasteiger partial charge is 0.256 e. The van der Waals surface area contributed by atoms with Crippen molar-refractivity contribution in [2.75, 3.05) is 0 Å². The summed E-state index contributed by atoms with van der Waals surface area (Å²) in [5.41, 5.74) is 4.73. The van der Waals surface area contributed by atoms with E-state index in [2.05, 4.69) is 43.1 Å². The highest BCUT2D eigenvalue weighted by molar-refractivity contribution is 5.63. The average Bonchev–Trinajstić information content (AvgIpc) is 2.34. The second kappa shape index (κ2) is 6.06. The van der Waals surface area contributed by atoms with E-state index in [0.29, 0.717) is 0 Å². The number of aromatic nitrogens is 1. The molecule has 1 aromatic heterocycles. The normalized spacial score (nSPS) is 9.25. The quantitative estimate of drug-likeness (QED) is 0.684. The Morgan fingerprint density at radius 3 is 2.12 bits per heavy atom. The molecule has 0 N–H and O–H groups in total. The van der Waals surface area contributed by atoms with Gasteiger partial charge in [-0.1, -0.05) is 44.2 Å². The van der Waals surface area contributed by atoms with Gasteiger partial charge in [0.2, 0.25) is 0 Å². The van der Waals surface area contributed by atoms with Crippen LogP contribution in [0.15, 0.2) is 42.6 Å². The number of pyridine rings is 1. The molecule has 0 spiro atoms. The molecule has 0 saturated heterocycles. The van der Waals surface area contributed by atoms with Crippen molar-refractivity contribution in [2.24, 2.45) is 0 Å². The van der Waals surface area contributed by atoms with Crippen LogP contribution in [0.5, 0.6) is 0 Å². The first-order chi connectivity index (χ1) is 7.77. The summed E-state index contributed by atoms with van der Waals surface area (Å²) in [7, 11) is 0. The fourth-order valence-electron chi connectivity index (χ4n) is 1.49. The van der Waals surface area contributed by atoms with Gasteiger partial charge in [0.05, 0.1) is 5.69 Å². The van der Waals surface area contributed by atoms with Crippen molar-refractivity contribution in [2.45, 2.75) is 27.7 Å². The first kappa shape index (κ1) is 12.4. The van der Waals surface area contributed by atoms with Crippen LogP contribution in [0.4, 0.5) is 0 Å². The second-order valence-electron chi connectivity index (χ2n) is 3.54. The molecule has 1 aromatic carbocycles. The lowest BCUT2D eigenvalue weighted by Crippen LogP contribution is -1.86. The number of aryl methyl sites for hydroxylation is 2. The Hall–Kier alpha value is -1.63. The van der Waals surface area contributed by atoms with Crippen molar-refractivity contribution >= 4 is 0 Å². The van der Waals surface area contributed by atoms with E-state index in [0.717, 1.165) is 5.69 Å². The van der Waals surface area contributed by atoms with E-state index in [-0.39, 0.29) is 0 Å². The number of hydrogen-bond donors (Lipinski definition) is 0. The lowest BCUT2D eigenvalue weighted by atomic mass is 10.1. The molecule has 0 amide bonds. The third-order valence-corrected chi connectivity index (χ3v) is 2.33. The Balaban J connectivity index is 0.000000606. The topological polar surface area (TPSA) is 12.9 Å². The van der Waals surface area contributed by atoms with Gasteiger partial charge in [0, 0.05) is 11.8 Å². The first-order valence-corrected chi connectivity index (χ1v) is 5.76. The predicted octanol–water partition coefficient (Wildman–Crippen LogP) is 4.39. The number of nitrogens with zero attached hydrogens (tertiary/aromatic N) is 1. The Kier molecular flexibility index (Phi) is 4.71. The summed E-state index contributed by atoms with van der Waals surface area (Å²) in [5, 5.41) is 0. The lowest BCUT2D eigenvalue weighted by molar-refractivity contribution is 1.26. The summed E-state index contributed by atoms with van der Waals surface area (Å²) in [6.45, 7) is 8.16. The molecule has 0 bridgehead atoms. The maximum absolute atomic E-state index is 4.41. The van der Waals surface area contributed by atoms with Gasteiger partial charge in [-0.15, -0.1) is 0 Å². The Labute approximate surface area is 98.2 Å². The van der Waals surface area contributed by atoms with E-state index < -0.39 is 0 Å². The summed E-state index contributed by atoms with van der Waals surface area (Å²) in [6.07, 6.45) is 1.90. The predicted molar refractivity (Wildman–Crippen MR) is 70.5 cm³/mol. The van der Waals surface area contributed by atoms with Crippen LogP contribution in [0.1, 0.15) is 25.0 Å². The van der Waals surface area contributed by atoms with Crippen LogP contribution in [0.25, 0.3) is 11.3 Å².